The van der Waals surface area contributed by atoms with Crippen molar-refractivity contribution in [1.29, 1.82) is 0 Å². The van der Waals surface area contributed by atoms with Crippen LogP contribution in [-0.2, 0) is 0 Å². The van der Waals surface area contributed by atoms with Crippen molar-refractivity contribution in [3.8, 4) is 0 Å². The van der Waals surface area contributed by atoms with Crippen LogP contribution in [0.15, 0.2) is 24.3 Å². The number of hydrazine groups is 1. The zero-order chi connectivity index (χ0) is 12.8. The van der Waals surface area contributed by atoms with Crippen LogP contribution in [0.25, 0.3) is 0 Å². The lowest BCUT2D eigenvalue weighted by Gasteiger charge is -2.20. The molecule has 0 aromatic heterocycles. The van der Waals surface area contributed by atoms with Crippen LogP contribution in [0.3, 0.4) is 0 Å². The van der Waals surface area contributed by atoms with E-state index in [-0.39, 0.29) is 11.9 Å². The quantitative estimate of drug-likeness (QED) is 0.541. The molecule has 0 aliphatic heterocycles. The van der Waals surface area contributed by atoms with Crippen LogP contribution >= 0.6 is 0 Å². The number of hydrogen-bond donors (Lipinski definition) is 3. The first-order valence-corrected chi connectivity index (χ1v) is 5.96. The standard InChI is InChI=1S/C13H21N3O/c1-4-9(2)10(3)15-13(17)11-7-5-6-8-12(11)16-14/h5-10,16H,4,14H2,1-3H3,(H,15,17). The van der Waals surface area contributed by atoms with Gasteiger partial charge >= 0.3 is 0 Å². The Morgan fingerprint density at radius 1 is 1.35 bits per heavy atom. The van der Waals surface area contributed by atoms with Crippen LogP contribution in [0.5, 0.6) is 0 Å². The summed E-state index contributed by atoms with van der Waals surface area (Å²) in [4.78, 5) is 12.0. The van der Waals surface area contributed by atoms with Crippen molar-refractivity contribution in [3.05, 3.63) is 29.8 Å². The fraction of sp³-hybridized carbons (Fsp3) is 0.462. The van der Waals surface area contributed by atoms with Crippen molar-refractivity contribution in [2.24, 2.45) is 11.8 Å². The highest BCUT2D eigenvalue weighted by molar-refractivity contribution is 5.99. The molecule has 0 saturated carbocycles. The van der Waals surface area contributed by atoms with Crippen molar-refractivity contribution in [3.63, 3.8) is 0 Å². The number of hydrogen-bond acceptors (Lipinski definition) is 3. The number of nitrogens with two attached hydrogens (primary N) is 1. The summed E-state index contributed by atoms with van der Waals surface area (Å²) in [5.41, 5.74) is 3.75. The Balaban J connectivity index is 2.76. The molecule has 0 heterocycles. The lowest BCUT2D eigenvalue weighted by molar-refractivity contribution is 0.0929. The Labute approximate surface area is 103 Å². The second kappa shape index (κ2) is 6.25. The highest BCUT2D eigenvalue weighted by atomic mass is 16.1. The van der Waals surface area contributed by atoms with Gasteiger partial charge in [0, 0.05) is 6.04 Å². The number of para-hydroxylation sites is 1. The molecule has 0 saturated heterocycles. The maximum Gasteiger partial charge on any atom is 0.253 e. The summed E-state index contributed by atoms with van der Waals surface area (Å²) in [5.74, 6) is 5.74. The fourth-order valence-corrected chi connectivity index (χ4v) is 1.59. The summed E-state index contributed by atoms with van der Waals surface area (Å²) in [6, 6.07) is 7.35. The van der Waals surface area contributed by atoms with Gasteiger partial charge in [-0.25, -0.2) is 0 Å². The zero-order valence-corrected chi connectivity index (χ0v) is 10.7. The molecule has 0 aliphatic carbocycles. The number of anilines is 1. The summed E-state index contributed by atoms with van der Waals surface area (Å²) in [6.07, 6.45) is 1.04. The van der Waals surface area contributed by atoms with Crippen molar-refractivity contribution < 1.29 is 4.79 Å². The molecule has 0 spiro atoms. The molecule has 1 aromatic rings. The Bertz CT molecular complexity index is 379. The third-order valence-electron chi connectivity index (χ3n) is 3.18. The number of rotatable bonds is 5. The predicted molar refractivity (Wildman–Crippen MR) is 70.6 cm³/mol. The molecule has 1 rings (SSSR count). The molecule has 1 aromatic carbocycles. The minimum Gasteiger partial charge on any atom is -0.349 e. The highest BCUT2D eigenvalue weighted by Crippen LogP contribution is 2.14. The molecular weight excluding hydrogens is 214 g/mol. The van der Waals surface area contributed by atoms with E-state index in [1.807, 2.05) is 19.1 Å². The number of carbonyl (C=O) groups excluding carboxylic acids is 1. The molecular formula is C13H21N3O. The van der Waals surface area contributed by atoms with Gasteiger partial charge in [0.05, 0.1) is 11.3 Å². The number of amides is 1. The van der Waals surface area contributed by atoms with E-state index in [1.54, 1.807) is 12.1 Å². The first-order chi connectivity index (χ1) is 8.10. The largest absolute Gasteiger partial charge is 0.349 e. The van der Waals surface area contributed by atoms with Gasteiger partial charge in [-0.1, -0.05) is 32.4 Å². The van der Waals surface area contributed by atoms with Crippen molar-refractivity contribution in [2.45, 2.75) is 33.2 Å². The summed E-state index contributed by atoms with van der Waals surface area (Å²) in [7, 11) is 0. The Kier molecular flexibility index (Phi) is 4.97. The topological polar surface area (TPSA) is 67.2 Å². The van der Waals surface area contributed by atoms with Gasteiger partial charge in [0.2, 0.25) is 0 Å². The van der Waals surface area contributed by atoms with E-state index in [4.69, 9.17) is 5.84 Å². The van der Waals surface area contributed by atoms with E-state index in [9.17, 15) is 4.79 Å². The molecule has 4 nitrogen and oxygen atoms in total. The van der Waals surface area contributed by atoms with E-state index in [0.29, 0.717) is 17.2 Å². The van der Waals surface area contributed by atoms with Crippen molar-refractivity contribution in [2.75, 3.05) is 5.43 Å². The maximum atomic E-state index is 12.0. The molecule has 4 N–H and O–H groups in total. The van der Waals surface area contributed by atoms with E-state index < -0.39 is 0 Å². The van der Waals surface area contributed by atoms with Crippen molar-refractivity contribution in [1.82, 2.24) is 5.32 Å². The summed E-state index contributed by atoms with van der Waals surface area (Å²) < 4.78 is 0. The highest BCUT2D eigenvalue weighted by Gasteiger charge is 2.16. The monoisotopic (exact) mass is 235 g/mol. The lowest BCUT2D eigenvalue weighted by Crippen LogP contribution is -2.37. The second-order valence-corrected chi connectivity index (χ2v) is 4.34. The van der Waals surface area contributed by atoms with E-state index in [1.165, 1.54) is 0 Å². The molecule has 4 heteroatoms. The smallest absolute Gasteiger partial charge is 0.253 e. The average molecular weight is 235 g/mol. The van der Waals surface area contributed by atoms with Gasteiger partial charge in [0.1, 0.15) is 0 Å². The van der Waals surface area contributed by atoms with Gasteiger partial charge in [0.25, 0.3) is 5.91 Å². The van der Waals surface area contributed by atoms with Crippen LogP contribution in [-0.4, -0.2) is 11.9 Å². The number of carbonyl (C=O) groups is 1. The number of nitrogen functional groups attached to an aromatic ring is 1. The van der Waals surface area contributed by atoms with Gasteiger partial charge < -0.3 is 10.7 Å². The van der Waals surface area contributed by atoms with E-state index in [0.717, 1.165) is 6.42 Å². The first-order valence-electron chi connectivity index (χ1n) is 5.96. The Hall–Kier alpha value is -1.55. The minimum atomic E-state index is -0.0913. The van der Waals surface area contributed by atoms with Crippen LogP contribution in [0, 0.1) is 5.92 Å². The molecule has 0 fully saturated rings. The van der Waals surface area contributed by atoms with Crippen LogP contribution in [0.1, 0.15) is 37.6 Å². The molecule has 0 aliphatic rings. The minimum absolute atomic E-state index is 0.0913. The lowest BCUT2D eigenvalue weighted by atomic mass is 10.0. The molecule has 94 valence electrons. The van der Waals surface area contributed by atoms with Crippen LogP contribution < -0.4 is 16.6 Å². The average Bonchev–Trinajstić information content (AvgIpc) is 2.37. The SMILES string of the molecule is CCC(C)C(C)NC(=O)c1ccccc1NN. The summed E-state index contributed by atoms with van der Waals surface area (Å²) in [5, 5.41) is 2.99. The van der Waals surface area contributed by atoms with Gasteiger partial charge in [-0.2, -0.15) is 0 Å². The second-order valence-electron chi connectivity index (χ2n) is 4.34. The molecule has 0 bridgehead atoms. The number of benzene rings is 1. The third kappa shape index (κ3) is 3.46. The molecule has 2 atom stereocenters. The maximum absolute atomic E-state index is 12.0. The van der Waals surface area contributed by atoms with E-state index in [2.05, 4.69) is 24.6 Å². The Morgan fingerprint density at radius 3 is 2.59 bits per heavy atom. The molecule has 0 radical (unpaired) electrons. The number of nitrogens with one attached hydrogen (secondary N) is 2. The molecule has 1 amide bonds. The van der Waals surface area contributed by atoms with Gasteiger partial charge in [-0.15, -0.1) is 0 Å². The fourth-order valence-electron chi connectivity index (χ4n) is 1.59. The first kappa shape index (κ1) is 13.5. The normalized spacial score (nSPS) is 13.9. The Morgan fingerprint density at radius 2 is 2.00 bits per heavy atom. The molecule has 2 unspecified atom stereocenters. The zero-order valence-electron chi connectivity index (χ0n) is 10.7. The predicted octanol–water partition coefficient (Wildman–Crippen LogP) is 2.14. The summed E-state index contributed by atoms with van der Waals surface area (Å²) in [6.45, 7) is 6.26. The molecule has 17 heavy (non-hydrogen) atoms. The summed E-state index contributed by atoms with van der Waals surface area (Å²) >= 11 is 0. The van der Waals surface area contributed by atoms with Crippen LogP contribution in [0.4, 0.5) is 5.69 Å². The van der Waals surface area contributed by atoms with Gasteiger partial charge in [0.15, 0.2) is 0 Å². The van der Waals surface area contributed by atoms with Gasteiger partial charge in [-0.3, -0.25) is 10.6 Å². The van der Waals surface area contributed by atoms with E-state index >= 15 is 0 Å². The van der Waals surface area contributed by atoms with Crippen LogP contribution in [0.2, 0.25) is 0 Å². The van der Waals surface area contributed by atoms with Gasteiger partial charge in [-0.05, 0) is 25.0 Å². The third-order valence-corrected chi connectivity index (χ3v) is 3.18. The van der Waals surface area contributed by atoms with Crippen molar-refractivity contribution >= 4 is 11.6 Å².